The minimum absolute atomic E-state index is 0.00467. The Morgan fingerprint density at radius 1 is 0.202 bits per heavy atom. The topological polar surface area (TPSA) is 159 Å². The fourth-order valence-electron chi connectivity index (χ4n) is 13.1. The van der Waals surface area contributed by atoms with E-state index in [0.717, 1.165) is 55.6 Å². The fourth-order valence-corrected chi connectivity index (χ4v) is 13.1. The van der Waals surface area contributed by atoms with Crippen molar-refractivity contribution in [1.82, 2.24) is 0 Å². The van der Waals surface area contributed by atoms with Crippen LogP contribution in [0.4, 0.5) is 0 Å². The Morgan fingerprint density at radius 3 is 0.740 bits per heavy atom. The molecule has 3 aliphatic heterocycles. The summed E-state index contributed by atoms with van der Waals surface area (Å²) in [6.45, 7) is 1.76. The van der Waals surface area contributed by atoms with Crippen LogP contribution in [0.2, 0.25) is 0 Å². The maximum Gasteiger partial charge on any atom is 0.187 e. The standard InChI is InChI=1S/C88H92O16/c89-77-78(103-88-85(98-59-72-47-27-9-28-48-72)82(95-56-69-41-21-6-22-42-69)79(93-54-67-37-17-4-18-38-67)75(102-88)62-91-52-65-33-13-2-14-34-65)74(61-90-51-64-31-11-1-12-32-64)101-87(81(77)94-55-68-39-19-5-20-40-68)104-80-76(63-92-53-66-35-15-3-16-36-66)100-86(99-60-73-49-29-10-30-50-73)84(97-58-71-45-25-8-26-46-71)83(80)96-57-70-43-23-7-24-44-70/h1-50,74-89H,51-63H2/t74-,75-,76-,77+,78-,79-,80-,81-,82+,83+,84-,85-,86?,87-,88-/m1/s1. The van der Waals surface area contributed by atoms with Gasteiger partial charge in [0.25, 0.3) is 0 Å². The summed E-state index contributed by atoms with van der Waals surface area (Å²) in [5.41, 5.74) is 9.22. The zero-order valence-corrected chi connectivity index (χ0v) is 58.3. The smallest absolute Gasteiger partial charge is 0.187 e. The molecule has 3 fully saturated rings. The molecule has 16 nitrogen and oxygen atoms in total. The SMILES string of the molecule is O[C@@H]1[C@@H](OCc2ccccc2)[C@@H](O[C@H]2[C@H](OCc3ccccc3)[C@@H](OCc3ccccc3)C(OCc3ccccc3)O[C@@H]2COCc2ccccc2)O[C@H](COCc2ccccc2)[C@H]1O[C@H]1O[C@H](COCc2ccccc2)[C@@H](OCc2ccccc2)[C@H](OCc2ccccc2)[C@H]1OCc1ccccc1. The number of hydrogen-bond acceptors (Lipinski definition) is 16. The molecule has 10 aromatic carbocycles. The van der Waals surface area contributed by atoms with E-state index in [9.17, 15) is 5.11 Å². The van der Waals surface area contributed by atoms with Crippen LogP contribution in [0.3, 0.4) is 0 Å². The van der Waals surface area contributed by atoms with E-state index in [1.165, 1.54) is 0 Å². The third-order valence-electron chi connectivity index (χ3n) is 18.5. The van der Waals surface area contributed by atoms with Gasteiger partial charge in [0.2, 0.25) is 0 Å². The van der Waals surface area contributed by atoms with Crippen molar-refractivity contribution < 1.29 is 76.2 Å². The highest BCUT2D eigenvalue weighted by atomic mass is 16.8. The number of ether oxygens (including phenoxy) is 15. The monoisotopic (exact) mass is 1400 g/mol. The van der Waals surface area contributed by atoms with Gasteiger partial charge < -0.3 is 76.2 Å². The van der Waals surface area contributed by atoms with Crippen molar-refractivity contribution in [3.8, 4) is 0 Å². The first-order valence-electron chi connectivity index (χ1n) is 35.9. The molecule has 0 radical (unpaired) electrons. The summed E-state index contributed by atoms with van der Waals surface area (Å²) in [4.78, 5) is 0. The first kappa shape index (κ1) is 73.9. The summed E-state index contributed by atoms with van der Waals surface area (Å²) in [5, 5.41) is 13.9. The van der Waals surface area contributed by atoms with Gasteiger partial charge in [-0.25, -0.2) is 0 Å². The molecule has 0 aromatic heterocycles. The average molecular weight is 1410 g/mol. The maximum atomic E-state index is 13.9. The average Bonchev–Trinajstić information content (AvgIpc) is 0.768. The van der Waals surface area contributed by atoms with Gasteiger partial charge in [0, 0.05) is 0 Å². The van der Waals surface area contributed by atoms with E-state index in [2.05, 4.69) is 0 Å². The molecule has 13 rings (SSSR count). The van der Waals surface area contributed by atoms with E-state index in [1.807, 2.05) is 303 Å². The Bertz CT molecular complexity index is 3960. The first-order chi connectivity index (χ1) is 51.5. The Morgan fingerprint density at radius 2 is 0.413 bits per heavy atom. The van der Waals surface area contributed by atoms with Crippen LogP contribution in [-0.2, 0) is 137 Å². The van der Waals surface area contributed by atoms with Crippen molar-refractivity contribution in [2.24, 2.45) is 0 Å². The first-order valence-corrected chi connectivity index (χ1v) is 35.9. The molecule has 15 atom stereocenters. The molecule has 16 heteroatoms. The summed E-state index contributed by atoms with van der Waals surface area (Å²) in [5.74, 6) is 0. The lowest BCUT2D eigenvalue weighted by Gasteiger charge is -2.51. The Kier molecular flexibility index (Phi) is 28.1. The number of aliphatic hydroxyl groups is 1. The van der Waals surface area contributed by atoms with Gasteiger partial charge in [-0.1, -0.05) is 303 Å². The number of hydrogen-bond donors (Lipinski definition) is 1. The van der Waals surface area contributed by atoms with Crippen LogP contribution < -0.4 is 0 Å². The van der Waals surface area contributed by atoms with Crippen molar-refractivity contribution in [3.05, 3.63) is 359 Å². The largest absolute Gasteiger partial charge is 0.387 e. The summed E-state index contributed by atoms with van der Waals surface area (Å²) < 4.78 is 107. The number of benzene rings is 10. The van der Waals surface area contributed by atoms with Crippen molar-refractivity contribution in [2.45, 2.75) is 158 Å². The lowest BCUT2D eigenvalue weighted by Crippen LogP contribution is -2.68. The van der Waals surface area contributed by atoms with Gasteiger partial charge in [-0.15, -0.1) is 0 Å². The third-order valence-corrected chi connectivity index (χ3v) is 18.5. The van der Waals surface area contributed by atoms with E-state index in [-0.39, 0.29) is 85.9 Å². The predicted molar refractivity (Wildman–Crippen MR) is 391 cm³/mol. The van der Waals surface area contributed by atoms with Crippen LogP contribution in [0.15, 0.2) is 303 Å². The Hall–Kier alpha value is -8.44. The molecule has 1 N–H and O–H groups in total. The summed E-state index contributed by atoms with van der Waals surface area (Å²) >= 11 is 0. The quantitative estimate of drug-likeness (QED) is 0.0392. The zero-order valence-electron chi connectivity index (χ0n) is 58.3. The lowest BCUT2D eigenvalue weighted by atomic mass is 9.95. The van der Waals surface area contributed by atoms with Crippen molar-refractivity contribution in [3.63, 3.8) is 0 Å². The molecule has 3 saturated heterocycles. The minimum atomic E-state index is -1.54. The molecule has 1 unspecified atom stereocenters. The summed E-state index contributed by atoms with van der Waals surface area (Å²) in [6.07, 6.45) is -16.3. The fraction of sp³-hybridized carbons (Fsp3) is 0.318. The van der Waals surface area contributed by atoms with Gasteiger partial charge in [-0.2, -0.15) is 0 Å². The van der Waals surface area contributed by atoms with Crippen LogP contribution in [0.5, 0.6) is 0 Å². The second-order valence-corrected chi connectivity index (χ2v) is 26.2. The second-order valence-electron chi connectivity index (χ2n) is 26.2. The molecule has 3 aliphatic rings. The van der Waals surface area contributed by atoms with E-state index in [1.54, 1.807) is 0 Å². The normalized spacial score (nSPS) is 24.8. The van der Waals surface area contributed by atoms with Gasteiger partial charge in [-0.05, 0) is 55.6 Å². The van der Waals surface area contributed by atoms with Crippen molar-refractivity contribution >= 4 is 0 Å². The molecule has 104 heavy (non-hydrogen) atoms. The van der Waals surface area contributed by atoms with Crippen LogP contribution in [0.25, 0.3) is 0 Å². The zero-order chi connectivity index (χ0) is 70.6. The predicted octanol–water partition coefficient (Wildman–Crippen LogP) is 14.7. The minimum Gasteiger partial charge on any atom is -0.387 e. The van der Waals surface area contributed by atoms with E-state index >= 15 is 0 Å². The van der Waals surface area contributed by atoms with Crippen LogP contribution in [-0.4, -0.2) is 117 Å². The van der Waals surface area contributed by atoms with E-state index < -0.39 is 92.1 Å². The number of rotatable bonds is 37. The van der Waals surface area contributed by atoms with Crippen LogP contribution in [0.1, 0.15) is 55.6 Å². The highest BCUT2D eigenvalue weighted by Gasteiger charge is 2.57. The molecule has 0 amide bonds. The summed E-state index contributed by atoms with van der Waals surface area (Å²) in [6, 6.07) is 99.2. The van der Waals surface area contributed by atoms with Gasteiger partial charge in [-0.3, -0.25) is 0 Å². The highest BCUT2D eigenvalue weighted by molar-refractivity contribution is 5.21. The molecule has 3 heterocycles. The molecule has 0 bridgehead atoms. The Labute approximate surface area is 610 Å². The molecule has 10 aromatic rings. The molecule has 0 saturated carbocycles. The third kappa shape index (κ3) is 21.6. The second kappa shape index (κ2) is 39.6. The van der Waals surface area contributed by atoms with Crippen molar-refractivity contribution in [2.75, 3.05) is 19.8 Å². The molecule has 0 aliphatic carbocycles. The lowest BCUT2D eigenvalue weighted by molar-refractivity contribution is -0.392. The van der Waals surface area contributed by atoms with E-state index in [4.69, 9.17) is 71.1 Å². The molecular weight excluding hydrogens is 1310 g/mol. The van der Waals surface area contributed by atoms with Crippen molar-refractivity contribution in [1.29, 1.82) is 0 Å². The van der Waals surface area contributed by atoms with E-state index in [0.29, 0.717) is 0 Å². The van der Waals surface area contributed by atoms with Gasteiger partial charge in [0.05, 0.1) is 85.9 Å². The molecule has 0 spiro atoms. The Balaban J connectivity index is 0.896. The molecular formula is C88H92O16. The number of aliphatic hydroxyl groups excluding tert-OH is 1. The summed E-state index contributed by atoms with van der Waals surface area (Å²) in [7, 11) is 0. The van der Waals surface area contributed by atoms with Crippen LogP contribution >= 0.6 is 0 Å². The molecule has 540 valence electrons. The van der Waals surface area contributed by atoms with Gasteiger partial charge in [0.1, 0.15) is 73.2 Å². The van der Waals surface area contributed by atoms with Gasteiger partial charge >= 0.3 is 0 Å². The van der Waals surface area contributed by atoms with Crippen LogP contribution in [0, 0.1) is 0 Å². The highest BCUT2D eigenvalue weighted by Crippen LogP contribution is 2.39. The maximum absolute atomic E-state index is 13.9. The van der Waals surface area contributed by atoms with Gasteiger partial charge in [0.15, 0.2) is 18.9 Å².